The second-order valence-electron chi connectivity index (χ2n) is 5.86. The first kappa shape index (κ1) is 16.1. The molecule has 1 heterocycles. The highest BCUT2D eigenvalue weighted by molar-refractivity contribution is 6.02. The number of nitrogens with one attached hydrogen (secondary N) is 1. The number of amidine groups is 1. The van der Waals surface area contributed by atoms with Crippen LogP contribution in [0.1, 0.15) is 16.7 Å². The van der Waals surface area contributed by atoms with Crippen LogP contribution in [0.15, 0.2) is 53.5 Å². The molecule has 2 aromatic carbocycles. The van der Waals surface area contributed by atoms with Crippen LogP contribution in [0, 0.1) is 13.8 Å². The van der Waals surface area contributed by atoms with Gasteiger partial charge in [-0.15, -0.1) is 0 Å². The number of benzene rings is 2. The average molecular weight is 323 g/mol. The van der Waals surface area contributed by atoms with Crippen LogP contribution in [0.2, 0.25) is 0 Å². The number of rotatable bonds is 5. The maximum atomic E-state index is 12.0. The number of carbonyl (C=O) groups is 1. The van der Waals surface area contributed by atoms with Crippen LogP contribution in [0.25, 0.3) is 0 Å². The standard InChI is InChI=1S/C19H21N3O2/c1-14-10-15(2)12-16(11-14)19-20-13-18(23)22(21-19)8-9-24-17-6-4-3-5-7-17/h3-7,10-12H,8-9,13H2,1-2H3,(H,20,21). The summed E-state index contributed by atoms with van der Waals surface area (Å²) in [5.41, 5.74) is 6.45. The van der Waals surface area contributed by atoms with E-state index in [0.717, 1.165) is 17.1 Å². The second kappa shape index (κ2) is 7.17. The summed E-state index contributed by atoms with van der Waals surface area (Å²) in [6, 6.07) is 15.8. The monoisotopic (exact) mass is 323 g/mol. The summed E-state index contributed by atoms with van der Waals surface area (Å²) < 4.78 is 5.66. The van der Waals surface area contributed by atoms with Crippen molar-refractivity contribution in [3.8, 4) is 5.75 Å². The van der Waals surface area contributed by atoms with Crippen LogP contribution in [-0.4, -0.2) is 36.4 Å². The number of para-hydroxylation sites is 1. The number of amides is 1. The summed E-state index contributed by atoms with van der Waals surface area (Å²) in [7, 11) is 0. The Hall–Kier alpha value is -2.82. The van der Waals surface area contributed by atoms with Crippen LogP contribution >= 0.6 is 0 Å². The van der Waals surface area contributed by atoms with E-state index in [1.54, 1.807) is 5.01 Å². The lowest BCUT2D eigenvalue weighted by molar-refractivity contribution is -0.132. The molecule has 0 fully saturated rings. The predicted molar refractivity (Wildman–Crippen MR) is 94.1 cm³/mol. The Bertz CT molecular complexity index is 736. The van der Waals surface area contributed by atoms with Crippen molar-refractivity contribution in [2.24, 2.45) is 4.99 Å². The molecule has 0 atom stereocenters. The molecular formula is C19H21N3O2. The Balaban J connectivity index is 1.63. The topological polar surface area (TPSA) is 53.9 Å². The lowest BCUT2D eigenvalue weighted by Crippen LogP contribution is -2.52. The summed E-state index contributed by atoms with van der Waals surface area (Å²) in [6.07, 6.45) is 0. The fourth-order valence-electron chi connectivity index (χ4n) is 2.68. The molecule has 0 bridgehead atoms. The van der Waals surface area contributed by atoms with Crippen LogP contribution in [-0.2, 0) is 4.79 Å². The van der Waals surface area contributed by atoms with Crippen molar-refractivity contribution in [3.63, 3.8) is 0 Å². The molecule has 0 unspecified atom stereocenters. The molecule has 1 N–H and O–H groups in total. The smallest absolute Gasteiger partial charge is 0.262 e. The highest BCUT2D eigenvalue weighted by atomic mass is 16.5. The molecule has 0 spiro atoms. The van der Waals surface area contributed by atoms with E-state index in [2.05, 4.69) is 42.5 Å². The zero-order valence-corrected chi connectivity index (χ0v) is 14.0. The molecule has 24 heavy (non-hydrogen) atoms. The number of nitrogens with zero attached hydrogens (tertiary/aromatic N) is 2. The van der Waals surface area contributed by atoms with Crippen LogP contribution in [0.3, 0.4) is 0 Å². The summed E-state index contributed by atoms with van der Waals surface area (Å²) >= 11 is 0. The van der Waals surface area contributed by atoms with Crippen LogP contribution < -0.4 is 10.2 Å². The van der Waals surface area contributed by atoms with Gasteiger partial charge in [0.2, 0.25) is 0 Å². The molecular weight excluding hydrogens is 302 g/mol. The van der Waals surface area contributed by atoms with E-state index in [4.69, 9.17) is 4.74 Å². The van der Waals surface area contributed by atoms with Crippen molar-refractivity contribution < 1.29 is 9.53 Å². The van der Waals surface area contributed by atoms with Crippen LogP contribution in [0.5, 0.6) is 5.75 Å². The van der Waals surface area contributed by atoms with E-state index in [9.17, 15) is 4.79 Å². The van der Waals surface area contributed by atoms with Gasteiger partial charge < -0.3 is 4.74 Å². The van der Waals surface area contributed by atoms with E-state index in [-0.39, 0.29) is 12.5 Å². The molecule has 2 aromatic rings. The highest BCUT2D eigenvalue weighted by Crippen LogP contribution is 2.12. The van der Waals surface area contributed by atoms with Crippen molar-refractivity contribution in [2.45, 2.75) is 13.8 Å². The quantitative estimate of drug-likeness (QED) is 0.920. The Labute approximate surface area is 141 Å². The summed E-state index contributed by atoms with van der Waals surface area (Å²) in [4.78, 5) is 16.4. The maximum Gasteiger partial charge on any atom is 0.262 e. The number of hydrogen-bond donors (Lipinski definition) is 1. The number of ether oxygens (including phenoxy) is 1. The highest BCUT2D eigenvalue weighted by Gasteiger charge is 2.21. The molecule has 0 saturated heterocycles. The third kappa shape index (κ3) is 3.93. The third-order valence-electron chi connectivity index (χ3n) is 3.74. The van der Waals surface area contributed by atoms with Gasteiger partial charge in [-0.1, -0.05) is 35.4 Å². The molecule has 1 aliphatic rings. The first-order chi connectivity index (χ1) is 11.6. The van der Waals surface area contributed by atoms with Crippen LogP contribution in [0.4, 0.5) is 0 Å². The Morgan fingerprint density at radius 2 is 1.83 bits per heavy atom. The minimum absolute atomic E-state index is 0.0558. The van der Waals surface area contributed by atoms with Gasteiger partial charge in [-0.2, -0.15) is 0 Å². The first-order valence-corrected chi connectivity index (χ1v) is 8.00. The molecule has 1 amide bonds. The van der Waals surface area contributed by atoms with E-state index >= 15 is 0 Å². The number of aliphatic imine (C=N–C) groups is 1. The summed E-state index contributed by atoms with van der Waals surface area (Å²) in [5.74, 6) is 1.46. The fraction of sp³-hybridized carbons (Fsp3) is 0.263. The summed E-state index contributed by atoms with van der Waals surface area (Å²) in [5, 5.41) is 1.57. The third-order valence-corrected chi connectivity index (χ3v) is 3.74. The largest absolute Gasteiger partial charge is 0.492 e. The molecule has 0 aromatic heterocycles. The zero-order valence-electron chi connectivity index (χ0n) is 14.0. The average Bonchev–Trinajstić information content (AvgIpc) is 2.56. The predicted octanol–water partition coefficient (Wildman–Crippen LogP) is 2.48. The van der Waals surface area contributed by atoms with E-state index in [1.165, 1.54) is 11.1 Å². The number of carbonyl (C=O) groups excluding carboxylic acids is 1. The Kier molecular flexibility index (Phi) is 4.79. The fourth-order valence-corrected chi connectivity index (χ4v) is 2.68. The first-order valence-electron chi connectivity index (χ1n) is 8.00. The van der Waals surface area contributed by atoms with Gasteiger partial charge in [0.15, 0.2) is 0 Å². The Morgan fingerprint density at radius 1 is 1.12 bits per heavy atom. The van der Waals surface area contributed by atoms with Gasteiger partial charge >= 0.3 is 0 Å². The van der Waals surface area contributed by atoms with Gasteiger partial charge in [0.05, 0.1) is 6.54 Å². The lowest BCUT2D eigenvalue weighted by atomic mass is 10.1. The van der Waals surface area contributed by atoms with Gasteiger partial charge in [-0.05, 0) is 38.1 Å². The normalized spacial score (nSPS) is 14.2. The van der Waals surface area contributed by atoms with Gasteiger partial charge in [-0.25, -0.2) is 0 Å². The van der Waals surface area contributed by atoms with Gasteiger partial charge in [0, 0.05) is 5.56 Å². The van der Waals surface area contributed by atoms with Gasteiger partial charge in [0.1, 0.15) is 24.7 Å². The SMILES string of the molecule is Cc1cc(C)cc(C2=NCC(=O)N(CCOc3ccccc3)N2)c1. The molecule has 5 heteroatoms. The van der Waals surface area contributed by atoms with Crippen molar-refractivity contribution >= 4 is 11.7 Å². The zero-order chi connectivity index (χ0) is 16.9. The molecule has 0 aliphatic carbocycles. The van der Waals surface area contributed by atoms with Crippen molar-refractivity contribution in [3.05, 3.63) is 65.2 Å². The number of aryl methyl sites for hydroxylation is 2. The minimum atomic E-state index is -0.0558. The number of hydrogen-bond acceptors (Lipinski definition) is 4. The van der Waals surface area contributed by atoms with E-state index in [0.29, 0.717) is 13.2 Å². The minimum Gasteiger partial charge on any atom is -0.492 e. The lowest BCUT2D eigenvalue weighted by Gasteiger charge is -2.28. The van der Waals surface area contributed by atoms with E-state index in [1.807, 2.05) is 30.3 Å². The molecule has 5 nitrogen and oxygen atoms in total. The van der Waals surface area contributed by atoms with Crippen molar-refractivity contribution in [1.29, 1.82) is 0 Å². The van der Waals surface area contributed by atoms with Crippen molar-refractivity contribution in [2.75, 3.05) is 19.7 Å². The van der Waals surface area contributed by atoms with Gasteiger partial charge in [-0.3, -0.25) is 20.2 Å². The Morgan fingerprint density at radius 3 is 2.54 bits per heavy atom. The van der Waals surface area contributed by atoms with Gasteiger partial charge in [0.25, 0.3) is 5.91 Å². The molecule has 0 saturated carbocycles. The van der Waals surface area contributed by atoms with E-state index < -0.39 is 0 Å². The number of hydrazine groups is 1. The second-order valence-corrected chi connectivity index (χ2v) is 5.86. The molecule has 3 rings (SSSR count). The molecule has 124 valence electrons. The van der Waals surface area contributed by atoms with Crippen molar-refractivity contribution in [1.82, 2.24) is 10.4 Å². The molecule has 1 aliphatic heterocycles. The maximum absolute atomic E-state index is 12.0. The molecule has 0 radical (unpaired) electrons. The summed E-state index contributed by atoms with van der Waals surface area (Å²) in [6.45, 7) is 5.13.